The first kappa shape index (κ1) is 18.6. The summed E-state index contributed by atoms with van der Waals surface area (Å²) >= 11 is 0. The van der Waals surface area contributed by atoms with Crippen LogP contribution in [0.5, 0.6) is 0 Å². The van der Waals surface area contributed by atoms with Crippen molar-refractivity contribution in [1.29, 1.82) is 0 Å². The van der Waals surface area contributed by atoms with E-state index in [1.165, 1.54) is 24.3 Å². The maximum absolute atomic E-state index is 11.9. The lowest BCUT2D eigenvalue weighted by atomic mass is 10.0. The highest BCUT2D eigenvalue weighted by Gasteiger charge is 2.23. The molecule has 0 aliphatic heterocycles. The molecule has 2 atom stereocenters. The van der Waals surface area contributed by atoms with E-state index in [2.05, 4.69) is 5.32 Å². The van der Waals surface area contributed by atoms with Crippen LogP contribution in [0.25, 0.3) is 0 Å². The summed E-state index contributed by atoms with van der Waals surface area (Å²) in [6, 6.07) is 4.60. The number of nitrogens with two attached hydrogens (primary N) is 1. The summed E-state index contributed by atoms with van der Waals surface area (Å²) in [5.41, 5.74) is 5.81. The largest absolute Gasteiger partial charge is 0.383 e. The fourth-order valence-electron chi connectivity index (χ4n) is 2.03. The van der Waals surface area contributed by atoms with Gasteiger partial charge < -0.3 is 16.2 Å². The van der Waals surface area contributed by atoms with Crippen molar-refractivity contribution >= 4 is 17.5 Å². The van der Waals surface area contributed by atoms with E-state index < -0.39 is 28.9 Å². The Labute approximate surface area is 133 Å². The minimum atomic E-state index is -1.21. The van der Waals surface area contributed by atoms with Crippen LogP contribution >= 0.6 is 0 Å². The Hall–Kier alpha value is -2.48. The maximum Gasteiger partial charge on any atom is 0.269 e. The molecule has 1 aromatic carbocycles. The SMILES string of the molecule is CC(C)C[C@H](O)C(=O)N[C@H](Cc1ccc([N+](=O)[O-])cc1)C(N)=O. The third-order valence-corrected chi connectivity index (χ3v) is 3.24. The molecule has 126 valence electrons. The van der Waals surface area contributed by atoms with Crippen LogP contribution in [-0.4, -0.2) is 34.0 Å². The first-order valence-corrected chi connectivity index (χ1v) is 7.21. The lowest BCUT2D eigenvalue weighted by molar-refractivity contribution is -0.384. The topological polar surface area (TPSA) is 136 Å². The number of nitrogens with one attached hydrogen (secondary N) is 1. The summed E-state index contributed by atoms with van der Waals surface area (Å²) in [5, 5.41) is 22.8. The van der Waals surface area contributed by atoms with E-state index in [0.717, 1.165) is 0 Å². The van der Waals surface area contributed by atoms with Crippen molar-refractivity contribution in [2.24, 2.45) is 11.7 Å². The number of carbonyl (C=O) groups excluding carboxylic acids is 2. The predicted molar refractivity (Wildman–Crippen MR) is 83.4 cm³/mol. The molecule has 8 heteroatoms. The Balaban J connectivity index is 2.73. The van der Waals surface area contributed by atoms with Crippen molar-refractivity contribution in [3.05, 3.63) is 39.9 Å². The third-order valence-electron chi connectivity index (χ3n) is 3.24. The normalized spacial score (nSPS) is 13.4. The molecule has 0 aliphatic rings. The molecule has 0 radical (unpaired) electrons. The first-order chi connectivity index (χ1) is 10.7. The molecule has 0 aliphatic carbocycles. The number of nitro groups is 1. The predicted octanol–water partition coefficient (Wildman–Crippen LogP) is 0.514. The summed E-state index contributed by atoms with van der Waals surface area (Å²) in [6.45, 7) is 3.72. The number of benzene rings is 1. The van der Waals surface area contributed by atoms with Gasteiger partial charge in [0.1, 0.15) is 12.1 Å². The molecule has 0 saturated carbocycles. The van der Waals surface area contributed by atoms with E-state index in [1.807, 2.05) is 13.8 Å². The summed E-state index contributed by atoms with van der Waals surface area (Å²) in [5.74, 6) is -1.28. The van der Waals surface area contributed by atoms with Gasteiger partial charge in [-0.05, 0) is 17.9 Å². The highest BCUT2D eigenvalue weighted by atomic mass is 16.6. The summed E-state index contributed by atoms with van der Waals surface area (Å²) < 4.78 is 0. The van der Waals surface area contributed by atoms with Gasteiger partial charge in [-0.2, -0.15) is 0 Å². The van der Waals surface area contributed by atoms with E-state index in [0.29, 0.717) is 5.56 Å². The Kier molecular flexibility index (Phi) is 6.65. The average molecular weight is 323 g/mol. The van der Waals surface area contributed by atoms with Gasteiger partial charge in [-0.15, -0.1) is 0 Å². The van der Waals surface area contributed by atoms with E-state index in [1.54, 1.807) is 0 Å². The molecule has 4 N–H and O–H groups in total. The van der Waals surface area contributed by atoms with Crippen LogP contribution in [0.4, 0.5) is 5.69 Å². The van der Waals surface area contributed by atoms with E-state index in [-0.39, 0.29) is 24.4 Å². The highest BCUT2D eigenvalue weighted by Crippen LogP contribution is 2.13. The fourth-order valence-corrected chi connectivity index (χ4v) is 2.03. The molecule has 0 heterocycles. The van der Waals surface area contributed by atoms with Gasteiger partial charge >= 0.3 is 0 Å². The second-order valence-electron chi connectivity index (χ2n) is 5.74. The molecule has 1 rings (SSSR count). The number of aliphatic hydroxyl groups is 1. The average Bonchev–Trinajstić information content (AvgIpc) is 2.46. The van der Waals surface area contributed by atoms with Gasteiger partial charge in [-0.1, -0.05) is 26.0 Å². The molecular weight excluding hydrogens is 302 g/mol. The monoisotopic (exact) mass is 323 g/mol. The number of primary amides is 1. The molecule has 8 nitrogen and oxygen atoms in total. The van der Waals surface area contributed by atoms with Crippen LogP contribution in [0.1, 0.15) is 25.8 Å². The van der Waals surface area contributed by atoms with Crippen LogP contribution in [0.2, 0.25) is 0 Å². The Bertz CT molecular complexity index is 571. The molecule has 0 spiro atoms. The fraction of sp³-hybridized carbons (Fsp3) is 0.467. The molecular formula is C15H21N3O5. The highest BCUT2D eigenvalue weighted by molar-refractivity contribution is 5.88. The number of nitrogens with zero attached hydrogens (tertiary/aromatic N) is 1. The third kappa shape index (κ3) is 6.03. The van der Waals surface area contributed by atoms with Crippen LogP contribution in [-0.2, 0) is 16.0 Å². The van der Waals surface area contributed by atoms with Crippen LogP contribution in [0, 0.1) is 16.0 Å². The second kappa shape index (κ2) is 8.23. The van der Waals surface area contributed by atoms with Crippen molar-refractivity contribution < 1.29 is 19.6 Å². The summed E-state index contributed by atoms with van der Waals surface area (Å²) in [7, 11) is 0. The van der Waals surface area contributed by atoms with Gasteiger partial charge in [0.15, 0.2) is 0 Å². The second-order valence-corrected chi connectivity index (χ2v) is 5.74. The number of non-ortho nitro benzene ring substituents is 1. The van der Waals surface area contributed by atoms with Gasteiger partial charge in [0.2, 0.25) is 11.8 Å². The number of hydrogen-bond donors (Lipinski definition) is 3. The quantitative estimate of drug-likeness (QED) is 0.473. The Morgan fingerprint density at radius 3 is 2.30 bits per heavy atom. The van der Waals surface area contributed by atoms with Gasteiger partial charge in [0.05, 0.1) is 4.92 Å². The molecule has 2 amide bonds. The summed E-state index contributed by atoms with van der Waals surface area (Å²) in [4.78, 5) is 33.4. The summed E-state index contributed by atoms with van der Waals surface area (Å²) in [6.07, 6.45) is -0.851. The minimum absolute atomic E-state index is 0.0687. The Morgan fingerprint density at radius 2 is 1.87 bits per heavy atom. The number of carbonyl (C=O) groups is 2. The minimum Gasteiger partial charge on any atom is -0.383 e. The van der Waals surface area contributed by atoms with Crippen molar-refractivity contribution in [3.63, 3.8) is 0 Å². The van der Waals surface area contributed by atoms with Gasteiger partial charge in [-0.25, -0.2) is 0 Å². The van der Waals surface area contributed by atoms with E-state index in [9.17, 15) is 24.8 Å². The van der Waals surface area contributed by atoms with Crippen molar-refractivity contribution in [3.8, 4) is 0 Å². The Morgan fingerprint density at radius 1 is 1.30 bits per heavy atom. The van der Waals surface area contributed by atoms with Crippen molar-refractivity contribution in [2.45, 2.75) is 38.8 Å². The van der Waals surface area contributed by atoms with Gasteiger partial charge in [0.25, 0.3) is 5.69 Å². The lowest BCUT2D eigenvalue weighted by Crippen LogP contribution is -2.49. The van der Waals surface area contributed by atoms with Gasteiger partial charge in [0, 0.05) is 18.6 Å². The van der Waals surface area contributed by atoms with Crippen LogP contribution < -0.4 is 11.1 Å². The zero-order valence-electron chi connectivity index (χ0n) is 13.1. The number of aliphatic hydroxyl groups excluding tert-OH is 1. The van der Waals surface area contributed by atoms with E-state index in [4.69, 9.17) is 5.73 Å². The molecule has 23 heavy (non-hydrogen) atoms. The number of rotatable bonds is 8. The first-order valence-electron chi connectivity index (χ1n) is 7.21. The molecule has 1 aromatic rings. The molecule has 0 unspecified atom stereocenters. The van der Waals surface area contributed by atoms with E-state index >= 15 is 0 Å². The number of nitro benzene ring substituents is 1. The number of amides is 2. The molecule has 0 saturated heterocycles. The molecule has 0 fully saturated rings. The maximum atomic E-state index is 11.9. The lowest BCUT2D eigenvalue weighted by Gasteiger charge is -2.19. The molecule has 0 aromatic heterocycles. The number of hydrogen-bond acceptors (Lipinski definition) is 5. The van der Waals surface area contributed by atoms with Crippen molar-refractivity contribution in [1.82, 2.24) is 5.32 Å². The zero-order valence-corrected chi connectivity index (χ0v) is 13.1. The standard InChI is InChI=1S/C15H21N3O5/c1-9(2)7-13(19)15(21)17-12(14(16)20)8-10-3-5-11(6-4-10)18(22)23/h3-6,9,12-13,19H,7-8H2,1-2H3,(H2,16,20)(H,17,21)/t12-,13+/m1/s1. The van der Waals surface area contributed by atoms with Crippen LogP contribution in [0.15, 0.2) is 24.3 Å². The van der Waals surface area contributed by atoms with Crippen LogP contribution in [0.3, 0.4) is 0 Å². The smallest absolute Gasteiger partial charge is 0.269 e. The van der Waals surface area contributed by atoms with Crippen molar-refractivity contribution in [2.75, 3.05) is 0 Å². The van der Waals surface area contributed by atoms with Gasteiger partial charge in [-0.3, -0.25) is 19.7 Å². The molecule has 0 bridgehead atoms. The zero-order chi connectivity index (χ0) is 17.6.